The molecular formula is C15H16N2O3. The number of Topliss-reactive ketones (excluding diaryl/α,β-unsaturated/α-hetero) is 1. The van der Waals surface area contributed by atoms with E-state index in [0.717, 1.165) is 11.3 Å². The van der Waals surface area contributed by atoms with Crippen molar-refractivity contribution < 1.29 is 14.1 Å². The molecule has 0 amide bonds. The van der Waals surface area contributed by atoms with Gasteiger partial charge < -0.3 is 9.26 Å². The summed E-state index contributed by atoms with van der Waals surface area (Å²) in [5, 5.41) is 4.02. The summed E-state index contributed by atoms with van der Waals surface area (Å²) < 4.78 is 10.9. The average molecular weight is 272 g/mol. The molecule has 2 atom stereocenters. The molecule has 5 heteroatoms. The van der Waals surface area contributed by atoms with Crippen LogP contribution in [-0.2, 0) is 4.79 Å². The SMILES string of the molecule is CCC(=O)C(C)c1nc(C2COc3ccccc32)no1. The van der Waals surface area contributed by atoms with E-state index in [0.29, 0.717) is 24.7 Å². The number of rotatable bonds is 4. The predicted octanol–water partition coefficient (Wildman–Crippen LogP) is 2.68. The maximum atomic E-state index is 11.7. The normalized spacial score (nSPS) is 18.4. The summed E-state index contributed by atoms with van der Waals surface area (Å²) in [5.74, 6) is 1.56. The van der Waals surface area contributed by atoms with E-state index in [9.17, 15) is 4.79 Å². The lowest BCUT2D eigenvalue weighted by atomic mass is 10.0. The molecule has 0 radical (unpaired) electrons. The molecule has 1 aromatic heterocycles. The van der Waals surface area contributed by atoms with Crippen molar-refractivity contribution in [2.24, 2.45) is 0 Å². The number of carbonyl (C=O) groups is 1. The van der Waals surface area contributed by atoms with Gasteiger partial charge in [0.2, 0.25) is 5.89 Å². The molecule has 0 N–H and O–H groups in total. The number of ketones is 1. The molecule has 2 aromatic rings. The Bertz CT molecular complexity index is 636. The van der Waals surface area contributed by atoms with Crippen LogP contribution < -0.4 is 4.74 Å². The van der Waals surface area contributed by atoms with E-state index in [1.165, 1.54) is 0 Å². The molecule has 0 aliphatic carbocycles. The Labute approximate surface area is 116 Å². The lowest BCUT2D eigenvalue weighted by Crippen LogP contribution is -2.09. The fraction of sp³-hybridized carbons (Fsp3) is 0.400. The van der Waals surface area contributed by atoms with Crippen molar-refractivity contribution in [2.45, 2.75) is 32.1 Å². The zero-order valence-electron chi connectivity index (χ0n) is 11.5. The van der Waals surface area contributed by atoms with E-state index in [4.69, 9.17) is 9.26 Å². The van der Waals surface area contributed by atoms with E-state index < -0.39 is 0 Å². The van der Waals surface area contributed by atoms with Crippen molar-refractivity contribution in [1.82, 2.24) is 10.1 Å². The van der Waals surface area contributed by atoms with Crippen LogP contribution in [0.25, 0.3) is 0 Å². The van der Waals surface area contributed by atoms with Crippen LogP contribution in [0.2, 0.25) is 0 Å². The molecule has 5 nitrogen and oxygen atoms in total. The van der Waals surface area contributed by atoms with Crippen LogP contribution in [0.5, 0.6) is 5.75 Å². The minimum atomic E-state index is -0.348. The third kappa shape index (κ3) is 2.09. The van der Waals surface area contributed by atoms with Crippen LogP contribution >= 0.6 is 0 Å². The quantitative estimate of drug-likeness (QED) is 0.856. The zero-order valence-corrected chi connectivity index (χ0v) is 11.5. The van der Waals surface area contributed by atoms with Gasteiger partial charge in [-0.3, -0.25) is 4.79 Å². The molecule has 1 aliphatic rings. The first-order valence-electron chi connectivity index (χ1n) is 6.78. The van der Waals surface area contributed by atoms with Gasteiger partial charge in [0.1, 0.15) is 18.1 Å². The van der Waals surface area contributed by atoms with Crippen LogP contribution in [0.3, 0.4) is 0 Å². The van der Waals surface area contributed by atoms with Gasteiger partial charge in [0, 0.05) is 12.0 Å². The molecule has 20 heavy (non-hydrogen) atoms. The number of fused-ring (bicyclic) bond motifs is 1. The number of carbonyl (C=O) groups excluding carboxylic acids is 1. The van der Waals surface area contributed by atoms with E-state index in [-0.39, 0.29) is 17.6 Å². The molecule has 2 unspecified atom stereocenters. The Morgan fingerprint density at radius 2 is 2.25 bits per heavy atom. The molecule has 2 heterocycles. The minimum Gasteiger partial charge on any atom is -0.492 e. The molecule has 1 aliphatic heterocycles. The molecule has 1 aromatic carbocycles. The summed E-state index contributed by atoms with van der Waals surface area (Å²) in [6.45, 7) is 4.13. The molecule has 0 saturated carbocycles. The molecular weight excluding hydrogens is 256 g/mol. The minimum absolute atomic E-state index is 0.0207. The van der Waals surface area contributed by atoms with Crippen LogP contribution in [0.15, 0.2) is 28.8 Å². The van der Waals surface area contributed by atoms with Crippen LogP contribution in [0.1, 0.15) is 49.4 Å². The largest absolute Gasteiger partial charge is 0.492 e. The first kappa shape index (κ1) is 12.8. The lowest BCUT2D eigenvalue weighted by Gasteiger charge is -2.03. The fourth-order valence-corrected chi connectivity index (χ4v) is 2.38. The van der Waals surface area contributed by atoms with Crippen molar-refractivity contribution in [2.75, 3.05) is 6.61 Å². The highest BCUT2D eigenvalue weighted by atomic mass is 16.5. The van der Waals surface area contributed by atoms with Gasteiger partial charge in [-0.2, -0.15) is 4.98 Å². The van der Waals surface area contributed by atoms with Gasteiger partial charge in [-0.15, -0.1) is 0 Å². The van der Waals surface area contributed by atoms with Crippen LogP contribution in [-0.4, -0.2) is 22.5 Å². The topological polar surface area (TPSA) is 65.2 Å². The summed E-state index contributed by atoms with van der Waals surface area (Å²) in [7, 11) is 0. The van der Waals surface area contributed by atoms with E-state index in [2.05, 4.69) is 10.1 Å². The first-order valence-corrected chi connectivity index (χ1v) is 6.78. The summed E-state index contributed by atoms with van der Waals surface area (Å²) in [6, 6.07) is 7.83. The number of ether oxygens (including phenoxy) is 1. The van der Waals surface area contributed by atoms with Gasteiger partial charge in [0.25, 0.3) is 0 Å². The number of aromatic nitrogens is 2. The lowest BCUT2D eigenvalue weighted by molar-refractivity contribution is -0.120. The van der Waals surface area contributed by atoms with E-state index in [1.54, 1.807) is 6.92 Å². The van der Waals surface area contributed by atoms with Gasteiger partial charge in [-0.25, -0.2) is 0 Å². The maximum Gasteiger partial charge on any atom is 0.236 e. The van der Waals surface area contributed by atoms with Crippen molar-refractivity contribution in [3.8, 4) is 5.75 Å². The highest BCUT2D eigenvalue weighted by Crippen LogP contribution is 2.36. The smallest absolute Gasteiger partial charge is 0.236 e. The molecule has 0 bridgehead atoms. The highest BCUT2D eigenvalue weighted by Gasteiger charge is 2.30. The summed E-state index contributed by atoms with van der Waals surface area (Å²) in [6.07, 6.45) is 0.467. The van der Waals surface area contributed by atoms with Gasteiger partial charge in [-0.05, 0) is 13.0 Å². The predicted molar refractivity (Wildman–Crippen MR) is 71.8 cm³/mol. The number of benzene rings is 1. The summed E-state index contributed by atoms with van der Waals surface area (Å²) in [4.78, 5) is 16.1. The number of hydrogen-bond acceptors (Lipinski definition) is 5. The van der Waals surface area contributed by atoms with E-state index >= 15 is 0 Å². The fourth-order valence-electron chi connectivity index (χ4n) is 2.38. The Morgan fingerprint density at radius 1 is 1.45 bits per heavy atom. The third-order valence-electron chi connectivity index (χ3n) is 3.67. The third-order valence-corrected chi connectivity index (χ3v) is 3.67. The van der Waals surface area contributed by atoms with Gasteiger partial charge in [0.05, 0.1) is 11.8 Å². The second kappa shape index (κ2) is 5.07. The Hall–Kier alpha value is -2.17. The second-order valence-corrected chi connectivity index (χ2v) is 4.93. The second-order valence-electron chi connectivity index (χ2n) is 4.93. The molecule has 104 valence electrons. The van der Waals surface area contributed by atoms with Crippen LogP contribution in [0, 0.1) is 0 Å². The molecule has 0 spiro atoms. The molecule has 0 saturated heterocycles. The Kier molecular flexibility index (Phi) is 3.26. The van der Waals surface area contributed by atoms with Crippen molar-refractivity contribution >= 4 is 5.78 Å². The van der Waals surface area contributed by atoms with Gasteiger partial charge >= 0.3 is 0 Å². The molecule has 3 rings (SSSR count). The maximum absolute atomic E-state index is 11.7. The summed E-state index contributed by atoms with van der Waals surface area (Å²) >= 11 is 0. The first-order chi connectivity index (χ1) is 9.70. The number of nitrogens with zero attached hydrogens (tertiary/aromatic N) is 2. The van der Waals surface area contributed by atoms with Gasteiger partial charge in [0.15, 0.2) is 5.82 Å². The average Bonchev–Trinajstić information content (AvgIpc) is 3.11. The molecule has 0 fully saturated rings. The summed E-state index contributed by atoms with van der Waals surface area (Å²) in [5.41, 5.74) is 1.06. The van der Waals surface area contributed by atoms with Crippen molar-refractivity contribution in [3.05, 3.63) is 41.5 Å². The van der Waals surface area contributed by atoms with Crippen LogP contribution in [0.4, 0.5) is 0 Å². The van der Waals surface area contributed by atoms with Gasteiger partial charge in [-0.1, -0.05) is 30.3 Å². The van der Waals surface area contributed by atoms with E-state index in [1.807, 2.05) is 31.2 Å². The van der Waals surface area contributed by atoms with Crippen molar-refractivity contribution in [1.29, 1.82) is 0 Å². The highest BCUT2D eigenvalue weighted by molar-refractivity contribution is 5.83. The number of para-hydroxylation sites is 1. The monoisotopic (exact) mass is 272 g/mol. The standard InChI is InChI=1S/C15H16N2O3/c1-3-12(18)9(2)15-16-14(17-20-15)11-8-19-13-7-5-4-6-10(11)13/h4-7,9,11H,3,8H2,1-2H3. The zero-order chi connectivity index (χ0) is 14.1. The Balaban J connectivity index is 1.87. The number of hydrogen-bond donors (Lipinski definition) is 0. The van der Waals surface area contributed by atoms with Crippen molar-refractivity contribution in [3.63, 3.8) is 0 Å². The Morgan fingerprint density at radius 3 is 3.05 bits per heavy atom.